The molecule has 110 valence electrons. The van der Waals surface area contributed by atoms with Gasteiger partial charge in [-0.15, -0.1) is 0 Å². The molecule has 0 spiro atoms. The van der Waals surface area contributed by atoms with Gasteiger partial charge in [0.15, 0.2) is 0 Å². The van der Waals surface area contributed by atoms with Crippen LogP contribution in [-0.2, 0) is 6.54 Å². The molecule has 0 aliphatic rings. The Morgan fingerprint density at radius 1 is 1.00 bits per heavy atom. The molecule has 2 nitrogen and oxygen atoms in total. The van der Waals surface area contributed by atoms with E-state index in [1.54, 1.807) is 0 Å². The van der Waals surface area contributed by atoms with E-state index in [9.17, 15) is 0 Å². The number of para-hydroxylation sites is 1. The molecule has 0 aliphatic heterocycles. The van der Waals surface area contributed by atoms with E-state index in [0.717, 1.165) is 17.8 Å². The highest BCUT2D eigenvalue weighted by atomic mass is 35.5. The molecule has 0 unspecified atom stereocenters. The Hall–Kier alpha value is -1.29. The summed E-state index contributed by atoms with van der Waals surface area (Å²) in [4.78, 5) is 2.67. The predicted molar refractivity (Wildman–Crippen MR) is 95.4 cm³/mol. The van der Waals surface area contributed by atoms with Gasteiger partial charge in [0.1, 0.15) is 0 Å². The van der Waals surface area contributed by atoms with Crippen molar-refractivity contribution in [3.63, 3.8) is 0 Å². The number of benzene rings is 2. The minimum Gasteiger partial charge on any atom is -0.393 e. The summed E-state index contributed by atoms with van der Waals surface area (Å²) in [6, 6.07) is 15.6. The van der Waals surface area contributed by atoms with Gasteiger partial charge >= 0.3 is 0 Å². The van der Waals surface area contributed by atoms with Gasteiger partial charge in [0.25, 0.3) is 0 Å². The van der Waals surface area contributed by atoms with Gasteiger partial charge in [-0.2, -0.15) is 0 Å². The van der Waals surface area contributed by atoms with Gasteiger partial charge in [-0.1, -0.05) is 59.7 Å². The number of anilines is 1. The second-order valence-corrected chi connectivity index (χ2v) is 6.01. The van der Waals surface area contributed by atoms with E-state index in [0.29, 0.717) is 28.0 Å². The first-order chi connectivity index (χ1) is 10.1. The summed E-state index contributed by atoms with van der Waals surface area (Å²) in [6.45, 7) is 1.34. The van der Waals surface area contributed by atoms with Crippen molar-refractivity contribution in [1.82, 2.24) is 0 Å². The number of halogens is 2. The minimum absolute atomic E-state index is 0.501. The molecule has 0 heterocycles. The highest BCUT2D eigenvalue weighted by molar-refractivity contribution is 7.80. The van der Waals surface area contributed by atoms with E-state index in [-0.39, 0.29) is 0 Å². The van der Waals surface area contributed by atoms with Crippen LogP contribution in [0.25, 0.3) is 0 Å². The summed E-state index contributed by atoms with van der Waals surface area (Å²) in [5.74, 6) is 0. The van der Waals surface area contributed by atoms with Crippen LogP contribution in [0.1, 0.15) is 12.0 Å². The molecule has 5 heteroatoms. The van der Waals surface area contributed by atoms with Gasteiger partial charge in [0, 0.05) is 40.8 Å². The molecule has 0 radical (unpaired) electrons. The lowest BCUT2D eigenvalue weighted by Crippen LogP contribution is -2.27. The van der Waals surface area contributed by atoms with Crippen molar-refractivity contribution in [3.05, 3.63) is 64.1 Å². The maximum absolute atomic E-state index is 6.26. The molecule has 0 atom stereocenters. The maximum atomic E-state index is 6.26. The molecule has 2 aromatic rings. The van der Waals surface area contributed by atoms with Crippen LogP contribution < -0.4 is 10.6 Å². The van der Waals surface area contributed by atoms with Gasteiger partial charge in [-0.25, -0.2) is 0 Å². The van der Waals surface area contributed by atoms with Crippen molar-refractivity contribution < 1.29 is 0 Å². The lowest BCUT2D eigenvalue weighted by Gasteiger charge is -2.25. The summed E-state index contributed by atoms with van der Waals surface area (Å²) in [5, 5.41) is 1.33. The van der Waals surface area contributed by atoms with Crippen LogP contribution in [0, 0.1) is 0 Å². The van der Waals surface area contributed by atoms with E-state index < -0.39 is 0 Å². The Bertz CT molecular complexity index is 597. The fourth-order valence-electron chi connectivity index (χ4n) is 2.06. The molecule has 0 saturated heterocycles. The molecule has 0 amide bonds. The zero-order valence-corrected chi connectivity index (χ0v) is 13.8. The van der Waals surface area contributed by atoms with Crippen molar-refractivity contribution in [1.29, 1.82) is 0 Å². The zero-order valence-electron chi connectivity index (χ0n) is 11.4. The first-order valence-electron chi connectivity index (χ1n) is 6.59. The number of nitrogens with two attached hydrogens (primary N) is 1. The van der Waals surface area contributed by atoms with Crippen molar-refractivity contribution in [2.45, 2.75) is 13.0 Å². The third kappa shape index (κ3) is 4.60. The number of nitrogens with zero attached hydrogens (tertiary/aromatic N) is 1. The van der Waals surface area contributed by atoms with Gasteiger partial charge in [0.2, 0.25) is 0 Å². The fourth-order valence-corrected chi connectivity index (χ4v) is 2.67. The fraction of sp³-hybridized carbons (Fsp3) is 0.188. The van der Waals surface area contributed by atoms with Crippen LogP contribution in [0.3, 0.4) is 0 Å². The molecule has 2 aromatic carbocycles. The smallest absolute Gasteiger partial charge is 0.0745 e. The molecule has 0 aromatic heterocycles. The summed E-state index contributed by atoms with van der Waals surface area (Å²) < 4.78 is 0. The van der Waals surface area contributed by atoms with Crippen LogP contribution in [0.2, 0.25) is 10.0 Å². The quantitative estimate of drug-likeness (QED) is 0.775. The van der Waals surface area contributed by atoms with Gasteiger partial charge in [-0.05, 0) is 24.3 Å². The molecule has 0 fully saturated rings. The number of hydrogen-bond donors (Lipinski definition) is 1. The number of rotatable bonds is 6. The van der Waals surface area contributed by atoms with E-state index in [1.807, 2.05) is 48.5 Å². The summed E-state index contributed by atoms with van der Waals surface area (Å²) in [7, 11) is 0. The minimum atomic E-state index is 0.501. The Morgan fingerprint density at radius 3 is 2.19 bits per heavy atom. The number of hydrogen-bond acceptors (Lipinski definition) is 2. The van der Waals surface area contributed by atoms with Crippen LogP contribution in [0.4, 0.5) is 5.69 Å². The second kappa shape index (κ2) is 7.64. The monoisotopic (exact) mass is 338 g/mol. The first-order valence-corrected chi connectivity index (χ1v) is 7.75. The topological polar surface area (TPSA) is 29.3 Å². The normalized spacial score (nSPS) is 10.4. The van der Waals surface area contributed by atoms with Gasteiger partial charge < -0.3 is 10.6 Å². The Morgan fingerprint density at radius 2 is 1.62 bits per heavy atom. The van der Waals surface area contributed by atoms with E-state index in [2.05, 4.69) is 4.90 Å². The lowest BCUT2D eigenvalue weighted by atomic mass is 10.2. The first kappa shape index (κ1) is 16.1. The van der Waals surface area contributed by atoms with Gasteiger partial charge in [-0.3, -0.25) is 0 Å². The Balaban J connectivity index is 2.25. The molecule has 0 bridgehead atoms. The van der Waals surface area contributed by atoms with Crippen LogP contribution >= 0.6 is 35.4 Å². The lowest BCUT2D eigenvalue weighted by molar-refractivity contribution is 0.807. The van der Waals surface area contributed by atoms with Crippen molar-refractivity contribution in [2.75, 3.05) is 11.4 Å². The van der Waals surface area contributed by atoms with Crippen molar-refractivity contribution >= 4 is 46.1 Å². The van der Waals surface area contributed by atoms with Gasteiger partial charge in [0.05, 0.1) is 4.99 Å². The van der Waals surface area contributed by atoms with Crippen LogP contribution in [0.5, 0.6) is 0 Å². The van der Waals surface area contributed by atoms with Crippen molar-refractivity contribution in [3.8, 4) is 0 Å². The second-order valence-electron chi connectivity index (χ2n) is 4.67. The van der Waals surface area contributed by atoms with Crippen LogP contribution in [0.15, 0.2) is 48.5 Å². The van der Waals surface area contributed by atoms with E-state index in [1.165, 1.54) is 0 Å². The molecule has 2 N–H and O–H groups in total. The molecule has 21 heavy (non-hydrogen) atoms. The molecule has 0 aliphatic carbocycles. The predicted octanol–water partition coefficient (Wildman–Crippen LogP) is 4.68. The average Bonchev–Trinajstić information content (AvgIpc) is 2.47. The van der Waals surface area contributed by atoms with E-state index in [4.69, 9.17) is 41.2 Å². The largest absolute Gasteiger partial charge is 0.393 e. The molecule has 2 rings (SSSR count). The number of thiocarbonyl (C=S) groups is 1. The third-order valence-corrected chi connectivity index (χ3v) is 4.07. The molecular formula is C16H16Cl2N2S. The van der Waals surface area contributed by atoms with Crippen LogP contribution in [-0.4, -0.2) is 11.5 Å². The zero-order chi connectivity index (χ0) is 15.2. The summed E-state index contributed by atoms with van der Waals surface area (Å²) >= 11 is 17.5. The summed E-state index contributed by atoms with van der Waals surface area (Å²) in [6.07, 6.45) is 0.645. The average molecular weight is 339 g/mol. The highest BCUT2D eigenvalue weighted by Gasteiger charge is 2.12. The maximum Gasteiger partial charge on any atom is 0.0745 e. The summed E-state index contributed by atoms with van der Waals surface area (Å²) in [5.41, 5.74) is 7.62. The SMILES string of the molecule is NC(=S)CCN(Cc1c(Cl)cccc1Cl)c1ccccc1. The Kier molecular flexibility index (Phi) is 5.85. The molecular weight excluding hydrogens is 323 g/mol. The highest BCUT2D eigenvalue weighted by Crippen LogP contribution is 2.27. The van der Waals surface area contributed by atoms with Crippen molar-refractivity contribution in [2.24, 2.45) is 5.73 Å². The standard InChI is InChI=1S/C16H16Cl2N2S/c17-14-7-4-8-15(18)13(14)11-20(10-9-16(19)21)12-5-2-1-3-6-12/h1-8H,9-11H2,(H2,19,21). The Labute approximate surface area is 140 Å². The third-order valence-electron chi connectivity index (χ3n) is 3.16. The van der Waals surface area contributed by atoms with E-state index >= 15 is 0 Å². The molecule has 0 saturated carbocycles.